The highest BCUT2D eigenvalue weighted by atomic mass is 16.5. The van der Waals surface area contributed by atoms with Crippen LogP contribution in [0.15, 0.2) is 16.9 Å². The van der Waals surface area contributed by atoms with Gasteiger partial charge in [0.05, 0.1) is 19.3 Å². The fourth-order valence-electron chi connectivity index (χ4n) is 2.31. The van der Waals surface area contributed by atoms with Gasteiger partial charge in [-0.3, -0.25) is 0 Å². The van der Waals surface area contributed by atoms with Gasteiger partial charge in [0.25, 0.3) is 0 Å². The van der Waals surface area contributed by atoms with Crippen LogP contribution >= 0.6 is 0 Å². The molecule has 1 unspecified atom stereocenters. The molecule has 8 heteroatoms. The number of anilines is 1. The van der Waals surface area contributed by atoms with Gasteiger partial charge in [-0.05, 0) is 19.2 Å². The van der Waals surface area contributed by atoms with E-state index in [1.807, 2.05) is 13.1 Å². The van der Waals surface area contributed by atoms with Gasteiger partial charge in [0.1, 0.15) is 5.82 Å². The van der Waals surface area contributed by atoms with E-state index in [2.05, 4.69) is 25.5 Å². The predicted octanol–water partition coefficient (Wildman–Crippen LogP) is -1.16. The van der Waals surface area contributed by atoms with Gasteiger partial charge in [-0.2, -0.15) is 9.61 Å². The monoisotopic (exact) mass is 264 g/mol. The molecule has 3 heterocycles. The second kappa shape index (κ2) is 4.98. The summed E-state index contributed by atoms with van der Waals surface area (Å²) in [5.41, 5.74) is 0.197. The van der Waals surface area contributed by atoms with Gasteiger partial charge in [-0.25, -0.2) is 9.89 Å². The molecule has 0 radical (unpaired) electrons. The van der Waals surface area contributed by atoms with E-state index < -0.39 is 0 Å². The molecule has 0 saturated carbocycles. The lowest BCUT2D eigenvalue weighted by Gasteiger charge is -2.36. The lowest BCUT2D eigenvalue weighted by Crippen LogP contribution is -2.50. The molecule has 1 saturated heterocycles. The third kappa shape index (κ3) is 2.20. The Labute approximate surface area is 109 Å². The van der Waals surface area contributed by atoms with E-state index in [0.717, 1.165) is 18.9 Å². The molecule has 0 aliphatic carbocycles. The van der Waals surface area contributed by atoms with Crippen LogP contribution in [-0.2, 0) is 4.74 Å². The Hall–Kier alpha value is -1.93. The molecule has 2 N–H and O–H groups in total. The van der Waals surface area contributed by atoms with Crippen LogP contribution in [0.25, 0.3) is 5.65 Å². The number of morpholine rings is 1. The van der Waals surface area contributed by atoms with Crippen molar-refractivity contribution in [2.45, 2.75) is 6.04 Å². The van der Waals surface area contributed by atoms with E-state index in [1.54, 1.807) is 6.07 Å². The third-order valence-corrected chi connectivity index (χ3v) is 3.22. The summed E-state index contributed by atoms with van der Waals surface area (Å²) in [6.45, 7) is 2.89. The first-order valence-electron chi connectivity index (χ1n) is 6.23. The molecular weight excluding hydrogens is 248 g/mol. The summed E-state index contributed by atoms with van der Waals surface area (Å²) in [6, 6.07) is 3.88. The summed E-state index contributed by atoms with van der Waals surface area (Å²) in [5.74, 6) is 0.763. The number of nitrogens with one attached hydrogen (secondary N) is 2. The summed E-state index contributed by atoms with van der Waals surface area (Å²) in [6.07, 6.45) is 0. The largest absolute Gasteiger partial charge is 0.377 e. The van der Waals surface area contributed by atoms with Crippen LogP contribution < -0.4 is 15.9 Å². The average Bonchev–Trinajstić information content (AvgIpc) is 2.81. The minimum atomic E-state index is -0.324. The lowest BCUT2D eigenvalue weighted by atomic mass is 10.2. The Kier molecular flexibility index (Phi) is 3.18. The van der Waals surface area contributed by atoms with Crippen LogP contribution in [0.4, 0.5) is 5.82 Å². The minimum absolute atomic E-state index is 0.214. The molecule has 8 nitrogen and oxygen atoms in total. The molecular formula is C11H16N6O2. The van der Waals surface area contributed by atoms with Crippen LogP contribution in [0.3, 0.4) is 0 Å². The molecule has 1 fully saturated rings. The van der Waals surface area contributed by atoms with Crippen LogP contribution in [0.5, 0.6) is 0 Å². The summed E-state index contributed by atoms with van der Waals surface area (Å²) >= 11 is 0. The zero-order chi connectivity index (χ0) is 13.2. The molecule has 0 bridgehead atoms. The minimum Gasteiger partial charge on any atom is -0.377 e. The quantitative estimate of drug-likeness (QED) is 0.727. The molecule has 1 atom stereocenters. The maximum Gasteiger partial charge on any atom is 0.364 e. The third-order valence-electron chi connectivity index (χ3n) is 3.22. The Bertz CT molecular complexity index is 619. The topological polar surface area (TPSA) is 87.5 Å². The van der Waals surface area contributed by atoms with E-state index in [1.165, 1.54) is 4.52 Å². The summed E-state index contributed by atoms with van der Waals surface area (Å²) in [7, 11) is 1.91. The average molecular weight is 264 g/mol. The first-order chi connectivity index (χ1) is 9.29. The normalized spacial score (nSPS) is 20.1. The van der Waals surface area contributed by atoms with Crippen molar-refractivity contribution in [3.63, 3.8) is 0 Å². The summed E-state index contributed by atoms with van der Waals surface area (Å²) in [5, 5.41) is 13.7. The number of fused-ring (bicyclic) bond motifs is 1. The number of nitrogens with zero attached hydrogens (tertiary/aromatic N) is 4. The Morgan fingerprint density at radius 1 is 1.58 bits per heavy atom. The number of hydrogen-bond donors (Lipinski definition) is 2. The van der Waals surface area contributed by atoms with Gasteiger partial charge in [0.2, 0.25) is 0 Å². The van der Waals surface area contributed by atoms with Gasteiger partial charge in [-0.1, -0.05) is 0 Å². The standard InChI is InChI=1S/C11H16N6O2/c1-12-6-8-7-19-5-4-16(8)10-3-2-9-13-14-11(18)17(9)15-10/h2-3,8,12H,4-7H2,1H3,(H,14,18). The van der Waals surface area contributed by atoms with E-state index in [4.69, 9.17) is 4.74 Å². The Morgan fingerprint density at radius 3 is 3.32 bits per heavy atom. The second-order valence-electron chi connectivity index (χ2n) is 4.47. The fraction of sp³-hybridized carbons (Fsp3) is 0.545. The molecule has 102 valence electrons. The highest BCUT2D eigenvalue weighted by Gasteiger charge is 2.24. The van der Waals surface area contributed by atoms with Crippen LogP contribution in [0.1, 0.15) is 0 Å². The van der Waals surface area contributed by atoms with Gasteiger partial charge >= 0.3 is 5.69 Å². The molecule has 1 aliphatic rings. The molecule has 19 heavy (non-hydrogen) atoms. The predicted molar refractivity (Wildman–Crippen MR) is 69.5 cm³/mol. The summed E-state index contributed by atoms with van der Waals surface area (Å²) in [4.78, 5) is 13.7. The molecule has 0 amide bonds. The van der Waals surface area contributed by atoms with Crippen molar-refractivity contribution in [2.24, 2.45) is 0 Å². The number of aromatic amines is 1. The van der Waals surface area contributed by atoms with Gasteiger partial charge < -0.3 is 15.0 Å². The van der Waals surface area contributed by atoms with Crippen molar-refractivity contribution in [1.82, 2.24) is 25.1 Å². The first kappa shape index (κ1) is 12.1. The maximum atomic E-state index is 11.5. The van der Waals surface area contributed by atoms with Crippen molar-refractivity contribution in [3.8, 4) is 0 Å². The fourth-order valence-corrected chi connectivity index (χ4v) is 2.31. The molecule has 3 rings (SSSR count). The van der Waals surface area contributed by atoms with Crippen molar-refractivity contribution >= 4 is 11.5 Å². The molecule has 2 aromatic heterocycles. The van der Waals surface area contributed by atoms with Crippen LogP contribution in [0, 0.1) is 0 Å². The number of hydrogen-bond acceptors (Lipinski definition) is 6. The van der Waals surface area contributed by atoms with Crippen LogP contribution in [-0.4, -0.2) is 59.2 Å². The van der Waals surface area contributed by atoms with Gasteiger partial charge in [0, 0.05) is 13.1 Å². The Balaban J connectivity index is 1.96. The molecule has 1 aliphatic heterocycles. The smallest absolute Gasteiger partial charge is 0.364 e. The number of likely N-dealkylation sites (N-methyl/N-ethyl adjacent to an activating group) is 1. The molecule has 0 aromatic carbocycles. The highest BCUT2D eigenvalue weighted by Crippen LogP contribution is 2.16. The first-order valence-corrected chi connectivity index (χ1v) is 6.23. The van der Waals surface area contributed by atoms with Gasteiger partial charge in [-0.15, -0.1) is 5.10 Å². The van der Waals surface area contributed by atoms with Crippen molar-refractivity contribution in [1.29, 1.82) is 0 Å². The van der Waals surface area contributed by atoms with Crippen molar-refractivity contribution < 1.29 is 4.74 Å². The molecule has 0 spiro atoms. The zero-order valence-electron chi connectivity index (χ0n) is 10.7. The van der Waals surface area contributed by atoms with E-state index in [-0.39, 0.29) is 11.7 Å². The zero-order valence-corrected chi connectivity index (χ0v) is 10.7. The lowest BCUT2D eigenvalue weighted by molar-refractivity contribution is 0.0938. The number of aromatic nitrogens is 4. The number of ether oxygens (including phenoxy) is 1. The van der Waals surface area contributed by atoms with E-state index >= 15 is 0 Å². The Morgan fingerprint density at radius 2 is 2.47 bits per heavy atom. The number of H-pyrrole nitrogens is 1. The highest BCUT2D eigenvalue weighted by molar-refractivity contribution is 5.46. The van der Waals surface area contributed by atoms with Crippen LogP contribution in [0.2, 0.25) is 0 Å². The number of rotatable bonds is 3. The maximum absolute atomic E-state index is 11.5. The summed E-state index contributed by atoms with van der Waals surface area (Å²) < 4.78 is 6.77. The van der Waals surface area contributed by atoms with Crippen molar-refractivity contribution in [3.05, 3.63) is 22.6 Å². The second-order valence-corrected chi connectivity index (χ2v) is 4.47. The van der Waals surface area contributed by atoms with Crippen molar-refractivity contribution in [2.75, 3.05) is 38.3 Å². The van der Waals surface area contributed by atoms with E-state index in [0.29, 0.717) is 18.9 Å². The van der Waals surface area contributed by atoms with Gasteiger partial charge in [0.15, 0.2) is 5.65 Å². The SMILES string of the molecule is CNCC1COCCN1c1ccc2n[nH]c(=O)n2n1. The molecule has 2 aromatic rings. The van der Waals surface area contributed by atoms with E-state index in [9.17, 15) is 4.79 Å².